The van der Waals surface area contributed by atoms with E-state index in [1.807, 2.05) is 0 Å². The van der Waals surface area contributed by atoms with Crippen LogP contribution in [0.4, 0.5) is 13.2 Å². The van der Waals surface area contributed by atoms with Crippen LogP contribution in [0.1, 0.15) is 25.7 Å². The molecule has 0 aromatic heterocycles. The molecular weight excluding hydrogens is 227 g/mol. The maximum atomic E-state index is 12.2. The van der Waals surface area contributed by atoms with Crippen molar-refractivity contribution < 1.29 is 27.9 Å². The summed E-state index contributed by atoms with van der Waals surface area (Å²) >= 11 is 0. The molecule has 0 saturated heterocycles. The molecule has 1 aliphatic rings. The van der Waals surface area contributed by atoms with Crippen LogP contribution in [0.2, 0.25) is 0 Å². The third-order valence-electron chi connectivity index (χ3n) is 2.53. The number of halogens is 3. The molecule has 0 aliphatic heterocycles. The third kappa shape index (κ3) is 3.97. The van der Waals surface area contributed by atoms with Gasteiger partial charge in [-0.05, 0) is 12.8 Å². The number of hydrogen-bond donors (Lipinski definition) is 2. The Bertz CT molecular complexity index is 239. The van der Waals surface area contributed by atoms with Crippen LogP contribution in [0, 0.1) is 5.92 Å². The average Bonchev–Trinajstić information content (AvgIpc) is 2.61. The van der Waals surface area contributed by atoms with Crippen LogP contribution in [0.5, 0.6) is 0 Å². The Labute approximate surface area is 90.7 Å². The molecule has 0 aromatic carbocycles. The lowest BCUT2D eigenvalue weighted by molar-refractivity contribution is -0.198. The molecule has 7 heteroatoms. The summed E-state index contributed by atoms with van der Waals surface area (Å²) in [6.07, 6.45) is -1.25. The molecule has 1 saturated carbocycles. The smallest absolute Gasteiger partial charge is 0.403 e. The highest BCUT2D eigenvalue weighted by Gasteiger charge is 2.45. The van der Waals surface area contributed by atoms with E-state index >= 15 is 0 Å². The summed E-state index contributed by atoms with van der Waals surface area (Å²) in [5.74, 6) is -4.32. The first-order valence-electron chi connectivity index (χ1n) is 5.09. The van der Waals surface area contributed by atoms with Crippen molar-refractivity contribution in [3.63, 3.8) is 0 Å². The summed E-state index contributed by atoms with van der Waals surface area (Å²) in [6.45, 7) is -0.755. The minimum absolute atomic E-state index is 0.0947. The van der Waals surface area contributed by atoms with E-state index in [2.05, 4.69) is 5.48 Å². The van der Waals surface area contributed by atoms with Gasteiger partial charge in [-0.1, -0.05) is 12.8 Å². The Morgan fingerprint density at radius 1 is 1.44 bits per heavy atom. The monoisotopic (exact) mass is 241 g/mol. The van der Waals surface area contributed by atoms with E-state index < -0.39 is 24.6 Å². The predicted octanol–water partition coefficient (Wildman–Crippen LogP) is 1.71. The quantitative estimate of drug-likeness (QED) is 0.719. The number of hydroxylamine groups is 1. The maximum Gasteiger partial charge on any atom is 0.403 e. The van der Waals surface area contributed by atoms with Crippen LogP contribution in [0.25, 0.3) is 0 Å². The lowest BCUT2D eigenvalue weighted by Gasteiger charge is -2.18. The van der Waals surface area contributed by atoms with Gasteiger partial charge >= 0.3 is 12.1 Å². The van der Waals surface area contributed by atoms with Gasteiger partial charge in [0.05, 0.1) is 6.10 Å². The Morgan fingerprint density at radius 2 is 2.00 bits per heavy atom. The first-order chi connectivity index (χ1) is 7.41. The van der Waals surface area contributed by atoms with Crippen LogP contribution in [0.3, 0.4) is 0 Å². The molecule has 0 bridgehead atoms. The molecule has 1 atom stereocenters. The highest BCUT2D eigenvalue weighted by Crippen LogP contribution is 2.26. The Hall–Kier alpha value is -0.820. The van der Waals surface area contributed by atoms with Crippen molar-refractivity contribution in [2.45, 2.75) is 38.0 Å². The van der Waals surface area contributed by atoms with Crippen LogP contribution in [-0.2, 0) is 9.63 Å². The van der Waals surface area contributed by atoms with Gasteiger partial charge in [-0.15, -0.1) is 0 Å². The molecule has 1 rings (SSSR count). The fourth-order valence-corrected chi connectivity index (χ4v) is 1.60. The molecule has 0 radical (unpaired) electrons. The summed E-state index contributed by atoms with van der Waals surface area (Å²) < 4.78 is 36.6. The minimum atomic E-state index is -4.75. The first kappa shape index (κ1) is 13.2. The van der Waals surface area contributed by atoms with E-state index in [-0.39, 0.29) is 6.10 Å². The predicted molar refractivity (Wildman–Crippen MR) is 48.5 cm³/mol. The van der Waals surface area contributed by atoms with Gasteiger partial charge in [0.25, 0.3) is 0 Å². The van der Waals surface area contributed by atoms with Gasteiger partial charge in [-0.3, -0.25) is 9.63 Å². The second-order valence-electron chi connectivity index (χ2n) is 3.81. The summed E-state index contributed by atoms with van der Waals surface area (Å²) in [5.41, 5.74) is 2.11. The van der Waals surface area contributed by atoms with Crippen molar-refractivity contribution >= 4 is 5.97 Å². The molecule has 4 nitrogen and oxygen atoms in total. The molecule has 1 fully saturated rings. The van der Waals surface area contributed by atoms with Gasteiger partial charge in [-0.25, -0.2) is 5.48 Å². The number of hydrogen-bond acceptors (Lipinski definition) is 3. The van der Waals surface area contributed by atoms with Gasteiger partial charge in [0.15, 0.2) is 5.92 Å². The molecular formula is C9H14F3NO3. The number of rotatable bonds is 5. The number of carboxylic acids is 1. The van der Waals surface area contributed by atoms with Gasteiger partial charge in [0.2, 0.25) is 0 Å². The molecule has 1 unspecified atom stereocenters. The zero-order valence-electron chi connectivity index (χ0n) is 8.59. The van der Waals surface area contributed by atoms with Gasteiger partial charge in [-0.2, -0.15) is 13.2 Å². The second-order valence-corrected chi connectivity index (χ2v) is 3.81. The Morgan fingerprint density at radius 3 is 2.44 bits per heavy atom. The third-order valence-corrected chi connectivity index (χ3v) is 2.53. The first-order valence-corrected chi connectivity index (χ1v) is 5.09. The fraction of sp³-hybridized carbons (Fsp3) is 0.889. The maximum absolute atomic E-state index is 12.2. The van der Waals surface area contributed by atoms with Crippen molar-refractivity contribution in [1.29, 1.82) is 0 Å². The van der Waals surface area contributed by atoms with Crippen molar-refractivity contribution in [1.82, 2.24) is 5.48 Å². The standard InChI is InChI=1S/C9H14F3NO3/c10-9(11,12)7(8(14)15)5-13-16-6-3-1-2-4-6/h6-7,13H,1-5H2,(H,14,15). The molecule has 0 spiro atoms. The SMILES string of the molecule is O=C(O)C(CNOC1CCCC1)C(F)(F)F. The van der Waals surface area contributed by atoms with E-state index in [4.69, 9.17) is 9.94 Å². The average molecular weight is 241 g/mol. The zero-order chi connectivity index (χ0) is 12.2. The largest absolute Gasteiger partial charge is 0.481 e. The molecule has 1 aliphatic carbocycles. The highest BCUT2D eigenvalue weighted by atomic mass is 19.4. The highest BCUT2D eigenvalue weighted by molar-refractivity contribution is 5.71. The van der Waals surface area contributed by atoms with E-state index in [0.717, 1.165) is 25.7 Å². The number of carboxylic acid groups (broad SMARTS) is 1. The molecule has 94 valence electrons. The van der Waals surface area contributed by atoms with Crippen molar-refractivity contribution in [2.24, 2.45) is 5.92 Å². The molecule has 2 N–H and O–H groups in total. The minimum Gasteiger partial charge on any atom is -0.481 e. The van der Waals surface area contributed by atoms with Gasteiger partial charge in [0.1, 0.15) is 0 Å². The Kier molecular flexibility index (Phi) is 4.55. The normalized spacial score (nSPS) is 19.9. The number of aliphatic carboxylic acids is 1. The number of alkyl halides is 3. The lowest BCUT2D eigenvalue weighted by Crippen LogP contribution is -2.40. The fourth-order valence-electron chi connectivity index (χ4n) is 1.60. The van der Waals surface area contributed by atoms with E-state index in [1.54, 1.807) is 0 Å². The van der Waals surface area contributed by atoms with Crippen LogP contribution in [-0.4, -0.2) is 29.9 Å². The number of nitrogens with one attached hydrogen (secondary N) is 1. The van der Waals surface area contributed by atoms with E-state index in [9.17, 15) is 18.0 Å². The zero-order valence-corrected chi connectivity index (χ0v) is 8.59. The summed E-state index contributed by atoms with van der Waals surface area (Å²) in [5, 5.41) is 8.39. The van der Waals surface area contributed by atoms with E-state index in [0.29, 0.717) is 0 Å². The summed E-state index contributed by atoms with van der Waals surface area (Å²) in [4.78, 5) is 15.3. The molecule has 0 aromatic rings. The topological polar surface area (TPSA) is 58.6 Å². The van der Waals surface area contributed by atoms with Crippen LogP contribution < -0.4 is 5.48 Å². The van der Waals surface area contributed by atoms with Crippen molar-refractivity contribution in [3.05, 3.63) is 0 Å². The summed E-state index contributed by atoms with van der Waals surface area (Å²) in [7, 11) is 0. The van der Waals surface area contributed by atoms with Crippen LogP contribution >= 0.6 is 0 Å². The molecule has 0 amide bonds. The van der Waals surface area contributed by atoms with Crippen LogP contribution in [0.15, 0.2) is 0 Å². The lowest BCUT2D eigenvalue weighted by atomic mass is 10.1. The summed E-state index contributed by atoms with van der Waals surface area (Å²) in [6, 6.07) is 0. The molecule has 16 heavy (non-hydrogen) atoms. The second kappa shape index (κ2) is 5.49. The van der Waals surface area contributed by atoms with Crippen molar-refractivity contribution in [2.75, 3.05) is 6.54 Å². The van der Waals surface area contributed by atoms with Crippen molar-refractivity contribution in [3.8, 4) is 0 Å². The van der Waals surface area contributed by atoms with Gasteiger partial charge < -0.3 is 5.11 Å². The number of carbonyl (C=O) groups is 1. The molecule has 0 heterocycles. The van der Waals surface area contributed by atoms with Gasteiger partial charge in [0, 0.05) is 6.54 Å². The Balaban J connectivity index is 2.30. The van der Waals surface area contributed by atoms with E-state index in [1.165, 1.54) is 0 Å².